The summed E-state index contributed by atoms with van der Waals surface area (Å²) in [6.07, 6.45) is -0.359. The molecule has 0 unspecified atom stereocenters. The zero-order chi connectivity index (χ0) is 15.1. The number of hydrogen-bond acceptors (Lipinski definition) is 4. The average molecular weight is 273 g/mol. The molecule has 0 radical (unpaired) electrons. The van der Waals surface area contributed by atoms with Crippen LogP contribution in [-0.2, 0) is 4.74 Å². The van der Waals surface area contributed by atoms with Gasteiger partial charge in [-0.1, -0.05) is 13.8 Å². The van der Waals surface area contributed by atoms with E-state index in [9.17, 15) is 4.79 Å². The highest BCUT2D eigenvalue weighted by Gasteiger charge is 2.18. The highest BCUT2D eigenvalue weighted by molar-refractivity contribution is 5.67. The molecule has 5 nitrogen and oxygen atoms in total. The number of rotatable bonds is 7. The molecule has 0 saturated heterocycles. The fraction of sp³-hybridized carbons (Fsp3) is 0.929. The molecule has 0 atom stereocenters. The van der Waals surface area contributed by atoms with E-state index in [2.05, 4.69) is 43.5 Å². The van der Waals surface area contributed by atoms with Crippen molar-refractivity contribution in [2.45, 2.75) is 40.2 Å². The Hall–Kier alpha value is -0.810. The van der Waals surface area contributed by atoms with E-state index in [0.717, 1.165) is 19.6 Å². The smallest absolute Gasteiger partial charge is 0.407 e. The highest BCUT2D eigenvalue weighted by Crippen LogP contribution is 2.13. The third kappa shape index (κ3) is 12.0. The summed E-state index contributed by atoms with van der Waals surface area (Å²) >= 11 is 0. The standard InChI is InChI=1S/C14H31N3O2/c1-13(2,3)19-12(18)16-9-8-15-10-14(4,5)11-17(6)7/h15H,8-11H2,1-7H3,(H,16,18). The lowest BCUT2D eigenvalue weighted by Gasteiger charge is -2.28. The van der Waals surface area contributed by atoms with E-state index >= 15 is 0 Å². The van der Waals surface area contributed by atoms with Crippen LogP contribution in [0, 0.1) is 5.41 Å². The number of hydrogen-bond donors (Lipinski definition) is 2. The number of ether oxygens (including phenoxy) is 1. The van der Waals surface area contributed by atoms with E-state index in [1.165, 1.54) is 0 Å². The van der Waals surface area contributed by atoms with E-state index < -0.39 is 5.60 Å². The molecule has 0 aromatic carbocycles. The van der Waals surface area contributed by atoms with E-state index in [4.69, 9.17) is 4.74 Å². The fourth-order valence-electron chi connectivity index (χ4n) is 1.91. The van der Waals surface area contributed by atoms with Gasteiger partial charge in [0.25, 0.3) is 0 Å². The maximum Gasteiger partial charge on any atom is 0.407 e. The van der Waals surface area contributed by atoms with E-state index in [1.54, 1.807) is 0 Å². The fourth-order valence-corrected chi connectivity index (χ4v) is 1.91. The number of nitrogens with zero attached hydrogens (tertiary/aromatic N) is 1. The van der Waals surface area contributed by atoms with Crippen molar-refractivity contribution in [2.24, 2.45) is 5.41 Å². The SMILES string of the molecule is CN(C)CC(C)(C)CNCCNC(=O)OC(C)(C)C. The van der Waals surface area contributed by atoms with Gasteiger partial charge in [-0.15, -0.1) is 0 Å². The second-order valence-corrected chi connectivity index (χ2v) is 7.01. The van der Waals surface area contributed by atoms with Gasteiger partial charge in [-0.05, 0) is 40.3 Å². The molecule has 2 N–H and O–H groups in total. The summed E-state index contributed by atoms with van der Waals surface area (Å²) < 4.78 is 5.15. The number of alkyl carbamates (subject to hydrolysis) is 1. The summed E-state index contributed by atoms with van der Waals surface area (Å²) in [5, 5.41) is 6.08. The largest absolute Gasteiger partial charge is 0.444 e. The first-order chi connectivity index (χ1) is 8.52. The molecule has 0 spiro atoms. The van der Waals surface area contributed by atoms with Crippen LogP contribution in [0.25, 0.3) is 0 Å². The van der Waals surface area contributed by atoms with Crippen LogP contribution in [-0.4, -0.2) is 56.9 Å². The Balaban J connectivity index is 3.68. The zero-order valence-corrected chi connectivity index (χ0v) is 13.6. The van der Waals surface area contributed by atoms with Gasteiger partial charge in [0.15, 0.2) is 0 Å². The minimum Gasteiger partial charge on any atom is -0.444 e. The van der Waals surface area contributed by atoms with Gasteiger partial charge in [-0.3, -0.25) is 0 Å². The van der Waals surface area contributed by atoms with Gasteiger partial charge in [0.2, 0.25) is 0 Å². The van der Waals surface area contributed by atoms with Crippen molar-refractivity contribution >= 4 is 6.09 Å². The maximum absolute atomic E-state index is 11.4. The molecular weight excluding hydrogens is 242 g/mol. The Labute approximate surface area is 118 Å². The molecule has 0 rings (SSSR count). The van der Waals surface area contributed by atoms with Crippen LogP contribution in [0.4, 0.5) is 4.79 Å². The minimum absolute atomic E-state index is 0.218. The quantitative estimate of drug-likeness (QED) is 0.693. The van der Waals surface area contributed by atoms with Crippen molar-refractivity contribution in [3.05, 3.63) is 0 Å². The second kappa shape index (κ2) is 7.70. The summed E-state index contributed by atoms with van der Waals surface area (Å²) in [7, 11) is 4.15. The van der Waals surface area contributed by atoms with E-state index in [-0.39, 0.29) is 11.5 Å². The molecule has 0 bridgehead atoms. The predicted molar refractivity (Wildman–Crippen MR) is 79.4 cm³/mol. The lowest BCUT2D eigenvalue weighted by Crippen LogP contribution is -2.41. The number of carbonyl (C=O) groups excluding carboxylic acids is 1. The predicted octanol–water partition coefficient (Wildman–Crippen LogP) is 1.69. The molecule has 0 aliphatic heterocycles. The summed E-state index contributed by atoms with van der Waals surface area (Å²) in [6.45, 7) is 13.3. The van der Waals surface area contributed by atoms with Crippen LogP contribution in [0.15, 0.2) is 0 Å². The summed E-state index contributed by atoms with van der Waals surface area (Å²) in [6, 6.07) is 0. The average Bonchev–Trinajstić information content (AvgIpc) is 2.11. The molecule has 19 heavy (non-hydrogen) atoms. The molecule has 0 fully saturated rings. The lowest BCUT2D eigenvalue weighted by atomic mass is 9.93. The van der Waals surface area contributed by atoms with Crippen molar-refractivity contribution in [1.29, 1.82) is 0 Å². The molecule has 0 aliphatic carbocycles. The Morgan fingerprint density at radius 3 is 2.16 bits per heavy atom. The molecule has 114 valence electrons. The van der Waals surface area contributed by atoms with Crippen LogP contribution in [0.3, 0.4) is 0 Å². The van der Waals surface area contributed by atoms with Crippen LogP contribution >= 0.6 is 0 Å². The van der Waals surface area contributed by atoms with Gasteiger partial charge in [0, 0.05) is 26.2 Å². The Morgan fingerprint density at radius 1 is 1.11 bits per heavy atom. The third-order valence-corrected chi connectivity index (χ3v) is 2.32. The number of amides is 1. The Kier molecular flexibility index (Phi) is 7.37. The van der Waals surface area contributed by atoms with Gasteiger partial charge < -0.3 is 20.3 Å². The maximum atomic E-state index is 11.4. The number of nitrogens with one attached hydrogen (secondary N) is 2. The Morgan fingerprint density at radius 2 is 1.68 bits per heavy atom. The van der Waals surface area contributed by atoms with E-state index in [0.29, 0.717) is 6.54 Å². The first-order valence-corrected chi connectivity index (χ1v) is 6.84. The summed E-state index contributed by atoms with van der Waals surface area (Å²) in [5.74, 6) is 0. The molecule has 0 aliphatic rings. The van der Waals surface area contributed by atoms with Gasteiger partial charge in [-0.2, -0.15) is 0 Å². The van der Waals surface area contributed by atoms with Crippen molar-refractivity contribution < 1.29 is 9.53 Å². The van der Waals surface area contributed by atoms with Crippen LogP contribution in [0.1, 0.15) is 34.6 Å². The van der Waals surface area contributed by atoms with E-state index in [1.807, 2.05) is 20.8 Å². The highest BCUT2D eigenvalue weighted by atomic mass is 16.6. The van der Waals surface area contributed by atoms with Crippen molar-refractivity contribution in [3.63, 3.8) is 0 Å². The van der Waals surface area contributed by atoms with Crippen LogP contribution in [0.5, 0.6) is 0 Å². The molecule has 0 saturated carbocycles. The first kappa shape index (κ1) is 18.2. The summed E-state index contributed by atoms with van der Waals surface area (Å²) in [4.78, 5) is 13.6. The zero-order valence-electron chi connectivity index (χ0n) is 13.6. The molecule has 0 aromatic rings. The number of carbonyl (C=O) groups is 1. The molecule has 0 aromatic heterocycles. The third-order valence-electron chi connectivity index (χ3n) is 2.32. The van der Waals surface area contributed by atoms with Gasteiger partial charge in [0.1, 0.15) is 5.60 Å². The molecule has 5 heteroatoms. The van der Waals surface area contributed by atoms with Gasteiger partial charge in [-0.25, -0.2) is 4.79 Å². The monoisotopic (exact) mass is 273 g/mol. The minimum atomic E-state index is -0.439. The molecule has 0 heterocycles. The van der Waals surface area contributed by atoms with Crippen molar-refractivity contribution in [2.75, 3.05) is 40.3 Å². The van der Waals surface area contributed by atoms with Crippen LogP contribution < -0.4 is 10.6 Å². The molecule has 1 amide bonds. The van der Waals surface area contributed by atoms with Crippen molar-refractivity contribution in [3.8, 4) is 0 Å². The lowest BCUT2D eigenvalue weighted by molar-refractivity contribution is 0.0528. The topological polar surface area (TPSA) is 53.6 Å². The Bertz CT molecular complexity index is 270. The summed E-state index contributed by atoms with van der Waals surface area (Å²) in [5.41, 5.74) is -0.222. The second-order valence-electron chi connectivity index (χ2n) is 7.01. The first-order valence-electron chi connectivity index (χ1n) is 6.84. The normalized spacial score (nSPS) is 12.6. The van der Waals surface area contributed by atoms with Crippen LogP contribution in [0.2, 0.25) is 0 Å². The molecular formula is C14H31N3O2. The van der Waals surface area contributed by atoms with Gasteiger partial charge in [0.05, 0.1) is 0 Å². The van der Waals surface area contributed by atoms with Gasteiger partial charge >= 0.3 is 6.09 Å². The van der Waals surface area contributed by atoms with Crippen molar-refractivity contribution in [1.82, 2.24) is 15.5 Å².